The number of para-hydroxylation sites is 2. The molecule has 0 bridgehead atoms. The maximum Gasteiger partial charge on any atom is 0.123 e. The van der Waals surface area contributed by atoms with Crippen LogP contribution in [0, 0.1) is 5.82 Å². The van der Waals surface area contributed by atoms with Gasteiger partial charge in [-0.25, -0.2) is 9.37 Å². The zero-order valence-corrected chi connectivity index (χ0v) is 14.0. The van der Waals surface area contributed by atoms with Crippen LogP contribution in [0.25, 0.3) is 11.0 Å². The number of imidazole rings is 1. The normalized spacial score (nSPS) is 19.0. The second-order valence-electron chi connectivity index (χ2n) is 6.77. The Morgan fingerprint density at radius 2 is 1.92 bits per heavy atom. The smallest absolute Gasteiger partial charge is 0.123 e. The molecule has 0 aliphatic carbocycles. The molecule has 2 aromatic carbocycles. The van der Waals surface area contributed by atoms with Crippen molar-refractivity contribution in [2.75, 3.05) is 20.1 Å². The lowest BCUT2D eigenvalue weighted by molar-refractivity contribution is 0.244. The van der Waals surface area contributed by atoms with Crippen molar-refractivity contribution < 1.29 is 4.39 Å². The quantitative estimate of drug-likeness (QED) is 0.725. The summed E-state index contributed by atoms with van der Waals surface area (Å²) in [5.41, 5.74) is 3.30. The maximum absolute atomic E-state index is 13.2. The Bertz CT molecular complexity index is 838. The van der Waals surface area contributed by atoms with E-state index in [0.717, 1.165) is 42.1 Å². The number of aromatic nitrogens is 2. The molecule has 1 saturated heterocycles. The first-order valence-electron chi connectivity index (χ1n) is 8.59. The van der Waals surface area contributed by atoms with E-state index in [2.05, 4.69) is 34.7 Å². The minimum absolute atomic E-state index is 0.191. The first kappa shape index (κ1) is 15.3. The molecule has 0 amide bonds. The zero-order valence-electron chi connectivity index (χ0n) is 14.0. The van der Waals surface area contributed by atoms with Crippen molar-refractivity contribution in [1.82, 2.24) is 14.5 Å². The fourth-order valence-electron chi connectivity index (χ4n) is 3.72. The van der Waals surface area contributed by atoms with Gasteiger partial charge in [0.05, 0.1) is 11.0 Å². The molecule has 3 nitrogen and oxygen atoms in total. The van der Waals surface area contributed by atoms with Crippen LogP contribution in [0.2, 0.25) is 0 Å². The Labute approximate surface area is 141 Å². The van der Waals surface area contributed by atoms with Crippen LogP contribution in [-0.4, -0.2) is 34.6 Å². The number of fused-ring (bicyclic) bond motifs is 1. The average molecular weight is 323 g/mol. The molecule has 24 heavy (non-hydrogen) atoms. The summed E-state index contributed by atoms with van der Waals surface area (Å²) in [7, 11) is 2.18. The van der Waals surface area contributed by atoms with Gasteiger partial charge in [0.25, 0.3) is 0 Å². The molecule has 3 aromatic rings. The lowest BCUT2D eigenvalue weighted by atomic mass is 9.97. The molecular formula is C20H22FN3. The van der Waals surface area contributed by atoms with E-state index in [4.69, 9.17) is 4.98 Å². The third-order valence-electron chi connectivity index (χ3n) is 4.93. The molecule has 0 radical (unpaired) electrons. The molecular weight excluding hydrogens is 301 g/mol. The number of hydrogen-bond acceptors (Lipinski definition) is 2. The summed E-state index contributed by atoms with van der Waals surface area (Å²) in [6, 6.07) is 15.1. The molecule has 1 aliphatic rings. The molecule has 4 heteroatoms. The SMILES string of the molecule is CN1CCCC(c2nc3ccccc3n2Cc2ccc(F)cc2)C1. The third kappa shape index (κ3) is 2.94. The molecule has 1 fully saturated rings. The highest BCUT2D eigenvalue weighted by molar-refractivity contribution is 5.76. The van der Waals surface area contributed by atoms with Gasteiger partial charge in [0, 0.05) is 19.0 Å². The lowest BCUT2D eigenvalue weighted by Crippen LogP contribution is -2.32. The van der Waals surface area contributed by atoms with Gasteiger partial charge in [-0.3, -0.25) is 0 Å². The molecule has 1 atom stereocenters. The fourth-order valence-corrected chi connectivity index (χ4v) is 3.72. The minimum Gasteiger partial charge on any atom is -0.323 e. The maximum atomic E-state index is 13.2. The van der Waals surface area contributed by atoms with E-state index in [0.29, 0.717) is 5.92 Å². The number of likely N-dealkylation sites (tertiary alicyclic amines) is 1. The van der Waals surface area contributed by atoms with Crippen LogP contribution in [0.4, 0.5) is 4.39 Å². The zero-order chi connectivity index (χ0) is 16.5. The van der Waals surface area contributed by atoms with Crippen molar-refractivity contribution >= 4 is 11.0 Å². The molecule has 0 N–H and O–H groups in total. The highest BCUT2D eigenvalue weighted by atomic mass is 19.1. The lowest BCUT2D eigenvalue weighted by Gasteiger charge is -2.29. The number of benzene rings is 2. The first-order valence-corrected chi connectivity index (χ1v) is 8.59. The van der Waals surface area contributed by atoms with Crippen LogP contribution in [-0.2, 0) is 6.54 Å². The minimum atomic E-state index is -0.191. The summed E-state index contributed by atoms with van der Waals surface area (Å²) in [5.74, 6) is 1.42. The molecule has 4 rings (SSSR count). The Balaban J connectivity index is 1.76. The topological polar surface area (TPSA) is 21.1 Å². The van der Waals surface area contributed by atoms with Crippen LogP contribution in [0.15, 0.2) is 48.5 Å². The second-order valence-corrected chi connectivity index (χ2v) is 6.77. The van der Waals surface area contributed by atoms with Gasteiger partial charge in [-0.05, 0) is 56.3 Å². The monoisotopic (exact) mass is 323 g/mol. The summed E-state index contributed by atoms with van der Waals surface area (Å²) < 4.78 is 15.5. The van der Waals surface area contributed by atoms with Gasteiger partial charge >= 0.3 is 0 Å². The number of hydrogen-bond donors (Lipinski definition) is 0. The summed E-state index contributed by atoms with van der Waals surface area (Å²) in [6.07, 6.45) is 2.39. The molecule has 1 aromatic heterocycles. The van der Waals surface area contributed by atoms with Crippen molar-refractivity contribution in [3.05, 3.63) is 65.7 Å². The first-order chi connectivity index (χ1) is 11.7. The van der Waals surface area contributed by atoms with Gasteiger partial charge < -0.3 is 9.47 Å². The fraction of sp³-hybridized carbons (Fsp3) is 0.350. The van der Waals surface area contributed by atoms with Crippen molar-refractivity contribution in [2.45, 2.75) is 25.3 Å². The molecule has 124 valence electrons. The van der Waals surface area contributed by atoms with Crippen molar-refractivity contribution in [3.63, 3.8) is 0 Å². The number of halogens is 1. The van der Waals surface area contributed by atoms with Crippen molar-refractivity contribution in [2.24, 2.45) is 0 Å². The molecule has 0 saturated carbocycles. The number of likely N-dealkylation sites (N-methyl/N-ethyl adjacent to an activating group) is 1. The van der Waals surface area contributed by atoms with Gasteiger partial charge in [-0.2, -0.15) is 0 Å². The summed E-state index contributed by atoms with van der Waals surface area (Å²) in [5, 5.41) is 0. The van der Waals surface area contributed by atoms with Gasteiger partial charge in [-0.15, -0.1) is 0 Å². The molecule has 0 spiro atoms. The van der Waals surface area contributed by atoms with Crippen molar-refractivity contribution in [3.8, 4) is 0 Å². The van der Waals surface area contributed by atoms with Gasteiger partial charge in [0.15, 0.2) is 0 Å². The van der Waals surface area contributed by atoms with E-state index >= 15 is 0 Å². The van der Waals surface area contributed by atoms with E-state index in [-0.39, 0.29) is 5.82 Å². The van der Waals surface area contributed by atoms with Gasteiger partial charge in [-0.1, -0.05) is 24.3 Å². The standard InChI is InChI=1S/C20H22FN3/c1-23-12-4-5-16(14-23)20-22-18-6-2-3-7-19(18)24(20)13-15-8-10-17(21)11-9-15/h2-3,6-11,16H,4-5,12-14H2,1H3. The third-order valence-corrected chi connectivity index (χ3v) is 4.93. The van der Waals surface area contributed by atoms with Crippen LogP contribution >= 0.6 is 0 Å². The van der Waals surface area contributed by atoms with E-state index < -0.39 is 0 Å². The summed E-state index contributed by atoms with van der Waals surface area (Å²) in [6.45, 7) is 2.94. The summed E-state index contributed by atoms with van der Waals surface area (Å²) >= 11 is 0. The van der Waals surface area contributed by atoms with Gasteiger partial charge in [0.2, 0.25) is 0 Å². The van der Waals surface area contributed by atoms with Crippen molar-refractivity contribution in [1.29, 1.82) is 0 Å². The second kappa shape index (κ2) is 6.36. The van der Waals surface area contributed by atoms with Crippen LogP contribution in [0.5, 0.6) is 0 Å². The van der Waals surface area contributed by atoms with Gasteiger partial charge in [0.1, 0.15) is 11.6 Å². The molecule has 2 heterocycles. The predicted molar refractivity (Wildman–Crippen MR) is 94.7 cm³/mol. The van der Waals surface area contributed by atoms with E-state index in [9.17, 15) is 4.39 Å². The largest absolute Gasteiger partial charge is 0.323 e. The number of nitrogens with zero attached hydrogens (tertiary/aromatic N) is 3. The Hall–Kier alpha value is -2.20. The Morgan fingerprint density at radius 1 is 1.12 bits per heavy atom. The average Bonchev–Trinajstić information content (AvgIpc) is 2.96. The molecule has 1 unspecified atom stereocenters. The van der Waals surface area contributed by atoms with Crippen LogP contribution in [0.3, 0.4) is 0 Å². The molecule has 1 aliphatic heterocycles. The highest BCUT2D eigenvalue weighted by Crippen LogP contribution is 2.29. The highest BCUT2D eigenvalue weighted by Gasteiger charge is 2.24. The van der Waals surface area contributed by atoms with Crippen LogP contribution in [0.1, 0.15) is 30.1 Å². The number of piperidine rings is 1. The Kier molecular flexibility index (Phi) is 4.07. The van der Waals surface area contributed by atoms with Crippen LogP contribution < -0.4 is 0 Å². The van der Waals surface area contributed by atoms with E-state index in [1.807, 2.05) is 18.2 Å². The number of rotatable bonds is 3. The van der Waals surface area contributed by atoms with E-state index in [1.54, 1.807) is 0 Å². The van der Waals surface area contributed by atoms with E-state index in [1.165, 1.54) is 25.0 Å². The predicted octanol–water partition coefficient (Wildman–Crippen LogP) is 4.03. The summed E-state index contributed by atoms with van der Waals surface area (Å²) in [4.78, 5) is 7.33. The Morgan fingerprint density at radius 3 is 2.71 bits per heavy atom.